The molecule has 0 unspecified atom stereocenters. The fourth-order valence-corrected chi connectivity index (χ4v) is 2.73. The molecule has 2 heterocycles. The normalized spacial score (nSPS) is 11.1. The van der Waals surface area contributed by atoms with Crippen molar-refractivity contribution in [1.82, 2.24) is 15.0 Å². The van der Waals surface area contributed by atoms with Gasteiger partial charge < -0.3 is 14.7 Å². The number of rotatable bonds is 3. The Kier molecular flexibility index (Phi) is 3.30. The van der Waals surface area contributed by atoms with Gasteiger partial charge >= 0.3 is 0 Å². The molecule has 0 saturated carbocycles. The van der Waals surface area contributed by atoms with E-state index in [9.17, 15) is 8.78 Å². The molecule has 0 fully saturated rings. The molecule has 0 bridgehead atoms. The van der Waals surface area contributed by atoms with E-state index in [1.807, 2.05) is 6.07 Å². The molecule has 0 aliphatic heterocycles. The monoisotopic (exact) mass is 325 g/mol. The zero-order chi connectivity index (χ0) is 16.7. The average molecular weight is 325 g/mol. The van der Waals surface area contributed by atoms with Crippen molar-refractivity contribution in [2.24, 2.45) is 0 Å². The van der Waals surface area contributed by atoms with Crippen molar-refractivity contribution in [3.63, 3.8) is 0 Å². The van der Waals surface area contributed by atoms with Crippen molar-refractivity contribution in [3.05, 3.63) is 66.1 Å². The van der Waals surface area contributed by atoms with Gasteiger partial charge in [-0.25, -0.2) is 13.8 Å². The van der Waals surface area contributed by atoms with Crippen LogP contribution >= 0.6 is 0 Å². The number of benzene rings is 2. The van der Waals surface area contributed by atoms with E-state index in [0.29, 0.717) is 22.7 Å². The van der Waals surface area contributed by atoms with Crippen molar-refractivity contribution in [1.29, 1.82) is 0 Å². The maximum absolute atomic E-state index is 14.4. The van der Waals surface area contributed by atoms with Crippen LogP contribution in [0.2, 0.25) is 0 Å². The molecule has 120 valence electrons. The van der Waals surface area contributed by atoms with Gasteiger partial charge in [-0.2, -0.15) is 0 Å². The maximum Gasteiger partial charge on any atom is 0.168 e. The average Bonchev–Trinajstić information content (AvgIpc) is 3.24. The topological polar surface area (TPSA) is 53.7 Å². The SMILES string of the molecule is Cc1c(Oc2ccc(F)c(-c3ncc[nH]3)c2)c(F)cc2[nH]ccc12. The summed E-state index contributed by atoms with van der Waals surface area (Å²) >= 11 is 0. The second-order valence-corrected chi connectivity index (χ2v) is 5.43. The summed E-state index contributed by atoms with van der Waals surface area (Å²) < 4.78 is 34.1. The number of aryl methyl sites for hydroxylation is 1. The largest absolute Gasteiger partial charge is 0.454 e. The minimum Gasteiger partial charge on any atom is -0.454 e. The Hall–Kier alpha value is -3.15. The molecule has 4 aromatic rings. The molecule has 0 atom stereocenters. The lowest BCUT2D eigenvalue weighted by Crippen LogP contribution is -1.94. The quantitative estimate of drug-likeness (QED) is 0.561. The highest BCUT2D eigenvalue weighted by Gasteiger charge is 2.15. The standard InChI is InChI=1S/C18H13F2N3O/c1-10-12-4-5-21-16(12)9-15(20)17(10)24-11-2-3-14(19)13(8-11)18-22-6-7-23-18/h2-9,21H,1H3,(H,22,23). The Morgan fingerprint density at radius 2 is 1.88 bits per heavy atom. The third kappa shape index (κ3) is 2.32. The van der Waals surface area contributed by atoms with E-state index >= 15 is 0 Å². The first-order valence-corrected chi connectivity index (χ1v) is 7.37. The van der Waals surface area contributed by atoms with Crippen molar-refractivity contribution < 1.29 is 13.5 Å². The number of nitrogens with zero attached hydrogens (tertiary/aromatic N) is 1. The van der Waals surface area contributed by atoms with Gasteiger partial charge in [0.1, 0.15) is 17.4 Å². The fourth-order valence-electron chi connectivity index (χ4n) is 2.73. The van der Waals surface area contributed by atoms with E-state index in [2.05, 4.69) is 15.0 Å². The van der Waals surface area contributed by atoms with E-state index in [1.54, 1.807) is 19.3 Å². The van der Waals surface area contributed by atoms with Gasteiger partial charge in [-0.1, -0.05) is 0 Å². The molecule has 6 heteroatoms. The number of halogens is 2. The van der Waals surface area contributed by atoms with E-state index < -0.39 is 11.6 Å². The number of fused-ring (bicyclic) bond motifs is 1. The number of H-pyrrole nitrogens is 2. The lowest BCUT2D eigenvalue weighted by atomic mass is 10.1. The van der Waals surface area contributed by atoms with E-state index in [4.69, 9.17) is 4.74 Å². The minimum atomic E-state index is -0.480. The summed E-state index contributed by atoms with van der Waals surface area (Å²) in [5.74, 6) is -0.0723. The molecule has 24 heavy (non-hydrogen) atoms. The molecular weight excluding hydrogens is 312 g/mol. The number of hydrogen-bond acceptors (Lipinski definition) is 2. The van der Waals surface area contributed by atoms with Crippen LogP contribution in [0.15, 0.2) is 48.9 Å². The first kappa shape index (κ1) is 14.4. The van der Waals surface area contributed by atoms with Crippen LogP contribution in [0.4, 0.5) is 8.78 Å². The Morgan fingerprint density at radius 1 is 1.00 bits per heavy atom. The van der Waals surface area contributed by atoms with Gasteiger partial charge in [0.25, 0.3) is 0 Å². The van der Waals surface area contributed by atoms with Gasteiger partial charge in [0.15, 0.2) is 11.6 Å². The Bertz CT molecular complexity index is 1020. The highest BCUT2D eigenvalue weighted by Crippen LogP contribution is 2.35. The van der Waals surface area contributed by atoms with Crippen LogP contribution in [-0.4, -0.2) is 15.0 Å². The molecule has 2 N–H and O–H groups in total. The van der Waals surface area contributed by atoms with Crippen LogP contribution in [0.1, 0.15) is 5.56 Å². The molecule has 4 rings (SSSR count). The number of imidazole rings is 1. The maximum atomic E-state index is 14.4. The number of nitrogens with one attached hydrogen (secondary N) is 2. The highest BCUT2D eigenvalue weighted by atomic mass is 19.1. The van der Waals surface area contributed by atoms with Gasteiger partial charge in [0.2, 0.25) is 0 Å². The van der Waals surface area contributed by atoms with Gasteiger partial charge in [-0.05, 0) is 31.2 Å². The number of aromatic amines is 2. The summed E-state index contributed by atoms with van der Waals surface area (Å²) in [4.78, 5) is 9.85. The summed E-state index contributed by atoms with van der Waals surface area (Å²) in [5.41, 5.74) is 1.64. The number of ether oxygens (including phenoxy) is 1. The lowest BCUT2D eigenvalue weighted by Gasteiger charge is -2.12. The molecule has 0 radical (unpaired) electrons. The molecule has 2 aromatic carbocycles. The van der Waals surface area contributed by atoms with Crippen molar-refractivity contribution in [3.8, 4) is 22.9 Å². The summed E-state index contributed by atoms with van der Waals surface area (Å²) in [5, 5.41) is 0.875. The van der Waals surface area contributed by atoms with E-state index in [1.165, 1.54) is 30.5 Å². The van der Waals surface area contributed by atoms with Crippen LogP contribution in [0.5, 0.6) is 11.5 Å². The van der Waals surface area contributed by atoms with Crippen molar-refractivity contribution in [2.75, 3.05) is 0 Å². The third-order valence-electron chi connectivity index (χ3n) is 3.92. The number of hydrogen-bond donors (Lipinski definition) is 2. The van der Waals surface area contributed by atoms with Crippen LogP contribution in [0.25, 0.3) is 22.3 Å². The smallest absolute Gasteiger partial charge is 0.168 e. The molecule has 0 spiro atoms. The summed E-state index contributed by atoms with van der Waals surface area (Å²) in [6.07, 6.45) is 4.88. The lowest BCUT2D eigenvalue weighted by molar-refractivity contribution is 0.439. The predicted molar refractivity (Wildman–Crippen MR) is 87.0 cm³/mol. The molecule has 0 amide bonds. The van der Waals surface area contributed by atoms with E-state index in [-0.39, 0.29) is 11.3 Å². The van der Waals surface area contributed by atoms with Crippen LogP contribution < -0.4 is 4.74 Å². The second kappa shape index (κ2) is 5.49. The van der Waals surface area contributed by atoms with Gasteiger partial charge in [0, 0.05) is 41.1 Å². The highest BCUT2D eigenvalue weighted by molar-refractivity contribution is 5.85. The second-order valence-electron chi connectivity index (χ2n) is 5.43. The Balaban J connectivity index is 1.78. The van der Waals surface area contributed by atoms with Crippen LogP contribution in [-0.2, 0) is 0 Å². The number of aromatic nitrogens is 3. The predicted octanol–water partition coefficient (Wildman–Crippen LogP) is 4.94. The third-order valence-corrected chi connectivity index (χ3v) is 3.92. The van der Waals surface area contributed by atoms with Crippen molar-refractivity contribution in [2.45, 2.75) is 6.92 Å². The Labute approximate surface area is 136 Å². The fraction of sp³-hybridized carbons (Fsp3) is 0.0556. The first-order valence-electron chi connectivity index (χ1n) is 7.37. The summed E-state index contributed by atoms with van der Waals surface area (Å²) in [6, 6.07) is 7.47. The molecule has 4 nitrogen and oxygen atoms in total. The Morgan fingerprint density at radius 3 is 2.67 bits per heavy atom. The van der Waals surface area contributed by atoms with Gasteiger partial charge in [0.05, 0.1) is 5.56 Å². The molecule has 0 aliphatic carbocycles. The van der Waals surface area contributed by atoms with Crippen LogP contribution in [0, 0.1) is 18.6 Å². The van der Waals surface area contributed by atoms with E-state index in [0.717, 1.165) is 5.39 Å². The van der Waals surface area contributed by atoms with Crippen molar-refractivity contribution >= 4 is 10.9 Å². The molecule has 0 saturated heterocycles. The minimum absolute atomic E-state index is 0.124. The van der Waals surface area contributed by atoms with Crippen LogP contribution in [0.3, 0.4) is 0 Å². The first-order chi connectivity index (χ1) is 11.6. The van der Waals surface area contributed by atoms with Gasteiger partial charge in [-0.15, -0.1) is 0 Å². The zero-order valence-electron chi connectivity index (χ0n) is 12.7. The molecule has 2 aromatic heterocycles. The molecule has 0 aliphatic rings. The zero-order valence-corrected chi connectivity index (χ0v) is 12.7. The summed E-state index contributed by atoms with van der Waals surface area (Å²) in [7, 11) is 0. The summed E-state index contributed by atoms with van der Waals surface area (Å²) in [6.45, 7) is 1.78. The molecular formula is C18H13F2N3O. The van der Waals surface area contributed by atoms with Gasteiger partial charge in [-0.3, -0.25) is 0 Å².